The molecule has 0 unspecified atom stereocenters. The largest absolute Gasteiger partial charge is 0.493 e. The molecule has 3 N–H and O–H groups in total. The average Bonchev–Trinajstić information content (AvgIpc) is 2.63. The number of hydrazone groups is 1. The standard InChI is InChI=1S/C19H23N3O3/c1-3-4-11-25-17-10-5-14(12-18(17)24-2)13-21-22-19(23)15-6-8-16(20)9-7-15/h5-10,12-13H,3-4,11,20H2,1-2H3,(H,22,23)/b21-13-. The summed E-state index contributed by atoms with van der Waals surface area (Å²) in [7, 11) is 1.59. The lowest BCUT2D eigenvalue weighted by Crippen LogP contribution is -2.17. The monoisotopic (exact) mass is 341 g/mol. The van der Waals surface area contributed by atoms with Gasteiger partial charge in [-0.2, -0.15) is 5.10 Å². The van der Waals surface area contributed by atoms with Crippen molar-refractivity contribution in [1.82, 2.24) is 5.43 Å². The number of anilines is 1. The first-order valence-electron chi connectivity index (χ1n) is 8.13. The topological polar surface area (TPSA) is 85.9 Å². The third kappa shape index (κ3) is 5.53. The number of nitrogens with two attached hydrogens (primary N) is 1. The molecule has 0 atom stereocenters. The molecule has 25 heavy (non-hydrogen) atoms. The van der Waals surface area contributed by atoms with Gasteiger partial charge in [0.25, 0.3) is 5.91 Å². The molecular formula is C19H23N3O3. The molecule has 1 amide bonds. The zero-order valence-electron chi connectivity index (χ0n) is 14.5. The second-order valence-corrected chi connectivity index (χ2v) is 5.43. The van der Waals surface area contributed by atoms with Gasteiger partial charge in [-0.05, 0) is 54.4 Å². The zero-order valence-corrected chi connectivity index (χ0v) is 14.5. The fourth-order valence-electron chi connectivity index (χ4n) is 2.07. The number of nitrogen functional groups attached to an aromatic ring is 1. The van der Waals surface area contributed by atoms with Crippen LogP contribution in [0, 0.1) is 0 Å². The van der Waals surface area contributed by atoms with Crippen LogP contribution in [0.25, 0.3) is 0 Å². The van der Waals surface area contributed by atoms with Crippen LogP contribution in [0.4, 0.5) is 5.69 Å². The lowest BCUT2D eigenvalue weighted by atomic mass is 10.2. The summed E-state index contributed by atoms with van der Waals surface area (Å²) < 4.78 is 11.0. The number of ether oxygens (including phenoxy) is 2. The highest BCUT2D eigenvalue weighted by Crippen LogP contribution is 2.27. The van der Waals surface area contributed by atoms with Crippen LogP contribution in [0.5, 0.6) is 11.5 Å². The molecule has 2 rings (SSSR count). The number of carbonyl (C=O) groups excluding carboxylic acids is 1. The van der Waals surface area contributed by atoms with E-state index in [1.807, 2.05) is 12.1 Å². The minimum Gasteiger partial charge on any atom is -0.493 e. The van der Waals surface area contributed by atoms with Crippen molar-refractivity contribution in [2.45, 2.75) is 19.8 Å². The summed E-state index contributed by atoms with van der Waals surface area (Å²) in [5.41, 5.74) is 9.96. The Hall–Kier alpha value is -3.02. The molecule has 0 saturated heterocycles. The van der Waals surface area contributed by atoms with E-state index in [0.717, 1.165) is 18.4 Å². The molecule has 0 aliphatic rings. The van der Waals surface area contributed by atoms with Gasteiger partial charge < -0.3 is 15.2 Å². The van der Waals surface area contributed by atoms with Crippen LogP contribution in [0.1, 0.15) is 35.7 Å². The lowest BCUT2D eigenvalue weighted by Gasteiger charge is -2.10. The number of methoxy groups -OCH3 is 1. The van der Waals surface area contributed by atoms with Crippen molar-refractivity contribution in [2.75, 3.05) is 19.5 Å². The summed E-state index contributed by atoms with van der Waals surface area (Å²) in [5, 5.41) is 3.97. The Bertz CT molecular complexity index is 727. The van der Waals surface area contributed by atoms with Crippen LogP contribution in [0.3, 0.4) is 0 Å². The molecule has 0 aromatic heterocycles. The minimum atomic E-state index is -0.303. The normalized spacial score (nSPS) is 10.6. The number of amides is 1. The van der Waals surface area contributed by atoms with E-state index in [9.17, 15) is 4.79 Å². The van der Waals surface area contributed by atoms with Gasteiger partial charge in [0.1, 0.15) is 0 Å². The van der Waals surface area contributed by atoms with E-state index in [0.29, 0.717) is 29.4 Å². The zero-order chi connectivity index (χ0) is 18.1. The van der Waals surface area contributed by atoms with Crippen molar-refractivity contribution >= 4 is 17.8 Å². The van der Waals surface area contributed by atoms with E-state index in [2.05, 4.69) is 17.5 Å². The number of nitrogens with zero attached hydrogens (tertiary/aromatic N) is 1. The summed E-state index contributed by atoms with van der Waals surface area (Å²) >= 11 is 0. The van der Waals surface area contributed by atoms with Gasteiger partial charge >= 0.3 is 0 Å². The van der Waals surface area contributed by atoms with E-state index in [1.54, 1.807) is 43.7 Å². The number of hydrogen-bond acceptors (Lipinski definition) is 5. The van der Waals surface area contributed by atoms with E-state index in [-0.39, 0.29) is 5.91 Å². The first-order chi connectivity index (χ1) is 12.1. The number of hydrogen-bond donors (Lipinski definition) is 2. The molecule has 0 heterocycles. The molecule has 0 saturated carbocycles. The van der Waals surface area contributed by atoms with Crippen LogP contribution in [-0.2, 0) is 0 Å². The summed E-state index contributed by atoms with van der Waals surface area (Å²) in [6, 6.07) is 12.1. The molecular weight excluding hydrogens is 318 g/mol. The summed E-state index contributed by atoms with van der Waals surface area (Å²) in [6.45, 7) is 2.76. The highest BCUT2D eigenvalue weighted by atomic mass is 16.5. The van der Waals surface area contributed by atoms with Crippen molar-refractivity contribution in [3.05, 3.63) is 53.6 Å². The van der Waals surface area contributed by atoms with Crippen molar-refractivity contribution in [2.24, 2.45) is 5.10 Å². The van der Waals surface area contributed by atoms with Gasteiger partial charge in [-0.1, -0.05) is 13.3 Å². The van der Waals surface area contributed by atoms with Gasteiger partial charge in [0.15, 0.2) is 11.5 Å². The van der Waals surface area contributed by atoms with Crippen LogP contribution in [0.15, 0.2) is 47.6 Å². The first kappa shape index (κ1) is 18.3. The van der Waals surface area contributed by atoms with Crippen molar-refractivity contribution in [1.29, 1.82) is 0 Å². The van der Waals surface area contributed by atoms with Gasteiger partial charge in [-0.15, -0.1) is 0 Å². The summed E-state index contributed by atoms with van der Waals surface area (Å²) in [4.78, 5) is 12.0. The molecule has 2 aromatic rings. The highest BCUT2D eigenvalue weighted by Gasteiger charge is 2.06. The van der Waals surface area contributed by atoms with E-state index in [1.165, 1.54) is 0 Å². The second-order valence-electron chi connectivity index (χ2n) is 5.43. The fourth-order valence-corrected chi connectivity index (χ4v) is 2.07. The number of unbranched alkanes of at least 4 members (excludes halogenated alkanes) is 1. The average molecular weight is 341 g/mol. The predicted octanol–water partition coefficient (Wildman–Crippen LogP) is 3.22. The van der Waals surface area contributed by atoms with E-state index in [4.69, 9.17) is 15.2 Å². The molecule has 0 aliphatic carbocycles. The minimum absolute atomic E-state index is 0.303. The summed E-state index contributed by atoms with van der Waals surface area (Å²) in [6.07, 6.45) is 3.61. The molecule has 0 bridgehead atoms. The fraction of sp³-hybridized carbons (Fsp3) is 0.263. The predicted molar refractivity (Wildman–Crippen MR) is 99.3 cm³/mol. The number of rotatable bonds is 8. The van der Waals surface area contributed by atoms with Crippen LogP contribution < -0.4 is 20.6 Å². The SMILES string of the molecule is CCCCOc1ccc(/C=N\NC(=O)c2ccc(N)cc2)cc1OC. The Kier molecular flexibility index (Phi) is 6.83. The molecule has 0 spiro atoms. The second kappa shape index (κ2) is 9.32. The third-order valence-electron chi connectivity index (χ3n) is 3.50. The van der Waals surface area contributed by atoms with Crippen LogP contribution in [0.2, 0.25) is 0 Å². The molecule has 6 nitrogen and oxygen atoms in total. The number of benzene rings is 2. The third-order valence-corrected chi connectivity index (χ3v) is 3.50. The number of nitrogens with one attached hydrogen (secondary N) is 1. The number of carbonyl (C=O) groups is 1. The van der Waals surface area contributed by atoms with Gasteiger partial charge in [-0.25, -0.2) is 5.43 Å². The quantitative estimate of drug-likeness (QED) is 0.334. The maximum absolute atomic E-state index is 12.0. The van der Waals surface area contributed by atoms with Gasteiger partial charge in [0.05, 0.1) is 19.9 Å². The molecule has 0 aliphatic heterocycles. The maximum Gasteiger partial charge on any atom is 0.271 e. The maximum atomic E-state index is 12.0. The van der Waals surface area contributed by atoms with E-state index < -0.39 is 0 Å². The molecule has 2 aromatic carbocycles. The van der Waals surface area contributed by atoms with E-state index >= 15 is 0 Å². The summed E-state index contributed by atoms with van der Waals surface area (Å²) in [5.74, 6) is 1.02. The Morgan fingerprint density at radius 3 is 2.64 bits per heavy atom. The van der Waals surface area contributed by atoms with Crippen molar-refractivity contribution < 1.29 is 14.3 Å². The molecule has 0 fully saturated rings. The Morgan fingerprint density at radius 2 is 1.96 bits per heavy atom. The van der Waals surface area contributed by atoms with Crippen LogP contribution >= 0.6 is 0 Å². The lowest BCUT2D eigenvalue weighted by molar-refractivity contribution is 0.0955. The van der Waals surface area contributed by atoms with Crippen molar-refractivity contribution in [3.63, 3.8) is 0 Å². The van der Waals surface area contributed by atoms with Gasteiger partial charge in [0, 0.05) is 11.3 Å². The Morgan fingerprint density at radius 1 is 1.20 bits per heavy atom. The molecule has 0 radical (unpaired) electrons. The van der Waals surface area contributed by atoms with Gasteiger partial charge in [0.2, 0.25) is 0 Å². The Balaban J connectivity index is 1.98. The highest BCUT2D eigenvalue weighted by molar-refractivity contribution is 5.95. The van der Waals surface area contributed by atoms with Gasteiger partial charge in [-0.3, -0.25) is 4.79 Å². The molecule has 132 valence electrons. The van der Waals surface area contributed by atoms with Crippen molar-refractivity contribution in [3.8, 4) is 11.5 Å². The Labute approximate surface area is 147 Å². The smallest absolute Gasteiger partial charge is 0.271 e. The van der Waals surface area contributed by atoms with Crippen LogP contribution in [-0.4, -0.2) is 25.8 Å². The first-order valence-corrected chi connectivity index (χ1v) is 8.13. The molecule has 6 heteroatoms.